The van der Waals surface area contributed by atoms with Gasteiger partial charge in [-0.25, -0.2) is 4.79 Å². The molecule has 9 heteroatoms. The second-order valence-electron chi connectivity index (χ2n) is 7.58. The van der Waals surface area contributed by atoms with E-state index in [4.69, 9.17) is 4.74 Å². The first kappa shape index (κ1) is 20.8. The molecule has 1 saturated carbocycles. The molecule has 4 rings (SSSR count). The Morgan fingerprint density at radius 3 is 2.39 bits per heavy atom. The fraction of sp³-hybridized carbons (Fsp3) is 0.273. The summed E-state index contributed by atoms with van der Waals surface area (Å²) in [4.78, 5) is 22.9. The van der Waals surface area contributed by atoms with Gasteiger partial charge in [0.2, 0.25) is 5.91 Å². The van der Waals surface area contributed by atoms with Crippen molar-refractivity contribution in [2.45, 2.75) is 38.0 Å². The number of alkyl halides is 3. The van der Waals surface area contributed by atoms with Gasteiger partial charge in [-0.2, -0.15) is 13.2 Å². The van der Waals surface area contributed by atoms with Gasteiger partial charge in [0.1, 0.15) is 5.75 Å². The monoisotopic (exact) mass is 432 g/mol. The highest BCUT2D eigenvalue weighted by molar-refractivity contribution is 6.04. The van der Waals surface area contributed by atoms with Crippen molar-refractivity contribution >= 4 is 28.6 Å². The highest BCUT2D eigenvalue weighted by Crippen LogP contribution is 2.41. The predicted molar refractivity (Wildman–Crippen MR) is 107 cm³/mol. The molecular weight excluding hydrogens is 413 g/mol. The molecule has 1 fully saturated rings. The second-order valence-corrected chi connectivity index (χ2v) is 7.58. The van der Waals surface area contributed by atoms with Crippen molar-refractivity contribution in [1.82, 2.24) is 4.57 Å². The molecule has 0 unspecified atom stereocenters. The number of rotatable bonds is 4. The van der Waals surface area contributed by atoms with Gasteiger partial charge in [0.05, 0.1) is 22.9 Å². The molecule has 1 aromatic heterocycles. The molecule has 2 aromatic carbocycles. The molecule has 0 aliphatic heterocycles. The molecule has 6 nitrogen and oxygen atoms in total. The molecule has 1 amide bonds. The Morgan fingerprint density at radius 1 is 1.13 bits per heavy atom. The first-order valence-electron chi connectivity index (χ1n) is 9.61. The Kier molecular flexibility index (Phi) is 5.12. The van der Waals surface area contributed by atoms with Crippen molar-refractivity contribution in [3.05, 3.63) is 59.8 Å². The minimum atomic E-state index is -4.35. The number of aromatic nitrogens is 1. The topological polar surface area (TPSA) is 80.6 Å². The van der Waals surface area contributed by atoms with Gasteiger partial charge >= 0.3 is 12.3 Å². The number of nitrogens with one attached hydrogen (secondary N) is 1. The van der Waals surface area contributed by atoms with E-state index < -0.39 is 17.8 Å². The van der Waals surface area contributed by atoms with E-state index in [1.807, 2.05) is 0 Å². The van der Waals surface area contributed by atoms with Gasteiger partial charge in [-0.3, -0.25) is 9.36 Å². The van der Waals surface area contributed by atoms with E-state index in [1.54, 1.807) is 18.2 Å². The van der Waals surface area contributed by atoms with E-state index in [2.05, 4.69) is 5.32 Å². The quantitative estimate of drug-likeness (QED) is 0.573. The number of benzene rings is 2. The number of hydrogen-bond donors (Lipinski definition) is 2. The molecule has 1 aliphatic rings. The van der Waals surface area contributed by atoms with E-state index in [-0.39, 0.29) is 17.9 Å². The van der Waals surface area contributed by atoms with Crippen LogP contribution in [0.3, 0.4) is 0 Å². The molecule has 31 heavy (non-hydrogen) atoms. The summed E-state index contributed by atoms with van der Waals surface area (Å²) in [7, 11) is 0. The number of nitrogens with zero attached hydrogens (tertiary/aromatic N) is 1. The number of carbonyl (C=O) groups excluding carboxylic acids is 1. The third-order valence-electron chi connectivity index (χ3n) is 5.40. The maximum Gasteiger partial charge on any atom is 0.416 e. The highest BCUT2D eigenvalue weighted by Gasteiger charge is 2.34. The largest absolute Gasteiger partial charge is 0.490 e. The predicted octanol–water partition coefficient (Wildman–Crippen LogP) is 5.47. The van der Waals surface area contributed by atoms with Gasteiger partial charge in [0.25, 0.3) is 0 Å². The van der Waals surface area contributed by atoms with Crippen LogP contribution >= 0.6 is 0 Å². The fourth-order valence-electron chi connectivity index (χ4n) is 3.80. The van der Waals surface area contributed by atoms with Crippen LogP contribution in [0.2, 0.25) is 0 Å². The van der Waals surface area contributed by atoms with Gasteiger partial charge < -0.3 is 15.2 Å². The number of carboxylic acid groups (broad SMARTS) is 1. The summed E-state index contributed by atoms with van der Waals surface area (Å²) in [5.41, 5.74) is 0.959. The Morgan fingerprint density at radius 2 is 1.81 bits per heavy atom. The SMILES string of the molecule is CC(=O)Nc1cn(C(=O)O)c2ccc(OC3CC(c4ccc(C(F)(F)F)cc4)C3)cc12. The summed E-state index contributed by atoms with van der Waals surface area (Å²) in [6, 6.07) is 10.1. The fourth-order valence-corrected chi connectivity index (χ4v) is 3.80. The van der Waals surface area contributed by atoms with Gasteiger partial charge in [-0.15, -0.1) is 0 Å². The van der Waals surface area contributed by atoms with E-state index in [0.29, 0.717) is 35.2 Å². The van der Waals surface area contributed by atoms with Crippen LogP contribution in [0.5, 0.6) is 5.75 Å². The first-order chi connectivity index (χ1) is 14.6. The van der Waals surface area contributed by atoms with Crippen LogP contribution < -0.4 is 10.1 Å². The first-order valence-corrected chi connectivity index (χ1v) is 9.61. The molecule has 162 valence electrons. The number of carbonyl (C=O) groups is 2. The molecule has 0 radical (unpaired) electrons. The Labute approximate surface area is 175 Å². The molecule has 0 bridgehead atoms. The number of fused-ring (bicyclic) bond motifs is 1. The van der Waals surface area contributed by atoms with Crippen molar-refractivity contribution in [3.8, 4) is 5.75 Å². The summed E-state index contributed by atoms with van der Waals surface area (Å²) in [5.74, 6) is 0.325. The Hall–Kier alpha value is -3.49. The second kappa shape index (κ2) is 7.64. The van der Waals surface area contributed by atoms with Crippen molar-refractivity contribution in [3.63, 3.8) is 0 Å². The summed E-state index contributed by atoms with van der Waals surface area (Å²) < 4.78 is 45.1. The summed E-state index contributed by atoms with van der Waals surface area (Å²) >= 11 is 0. The maximum atomic E-state index is 12.7. The lowest BCUT2D eigenvalue weighted by atomic mass is 9.77. The van der Waals surface area contributed by atoms with Crippen LogP contribution in [-0.4, -0.2) is 27.8 Å². The molecule has 2 N–H and O–H groups in total. The maximum absolute atomic E-state index is 12.7. The lowest BCUT2D eigenvalue weighted by molar-refractivity contribution is -0.137. The molecular formula is C22H19F3N2O4. The van der Waals surface area contributed by atoms with E-state index in [9.17, 15) is 27.9 Å². The molecule has 3 aromatic rings. The number of amides is 1. The Bertz CT molecular complexity index is 1150. The van der Waals surface area contributed by atoms with Crippen molar-refractivity contribution in [2.75, 3.05) is 5.32 Å². The van der Waals surface area contributed by atoms with E-state index >= 15 is 0 Å². The van der Waals surface area contributed by atoms with Crippen molar-refractivity contribution in [1.29, 1.82) is 0 Å². The zero-order valence-corrected chi connectivity index (χ0v) is 16.4. The average Bonchev–Trinajstić information content (AvgIpc) is 3.01. The van der Waals surface area contributed by atoms with Crippen LogP contribution in [0.4, 0.5) is 23.7 Å². The summed E-state index contributed by atoms with van der Waals surface area (Å²) in [6.45, 7) is 1.33. The minimum absolute atomic E-state index is 0.101. The molecule has 0 spiro atoms. The summed E-state index contributed by atoms with van der Waals surface area (Å²) in [6.07, 6.45) is -2.96. The van der Waals surface area contributed by atoms with Gasteiger partial charge in [-0.05, 0) is 54.7 Å². The van der Waals surface area contributed by atoms with Crippen LogP contribution in [0.1, 0.15) is 36.8 Å². The normalized spacial score (nSPS) is 18.5. The third-order valence-corrected chi connectivity index (χ3v) is 5.40. The zero-order chi connectivity index (χ0) is 22.3. The van der Waals surface area contributed by atoms with Crippen LogP contribution in [0.25, 0.3) is 10.9 Å². The highest BCUT2D eigenvalue weighted by atomic mass is 19.4. The van der Waals surface area contributed by atoms with Crippen molar-refractivity contribution < 1.29 is 32.6 Å². The molecule has 0 atom stereocenters. The van der Waals surface area contributed by atoms with Crippen molar-refractivity contribution in [2.24, 2.45) is 0 Å². The van der Waals surface area contributed by atoms with Crippen LogP contribution in [-0.2, 0) is 11.0 Å². The smallest absolute Gasteiger partial charge is 0.416 e. The minimum Gasteiger partial charge on any atom is -0.490 e. The third kappa shape index (κ3) is 4.21. The van der Waals surface area contributed by atoms with Gasteiger partial charge in [0.15, 0.2) is 0 Å². The van der Waals surface area contributed by atoms with Crippen LogP contribution in [0.15, 0.2) is 48.7 Å². The molecule has 1 heterocycles. The summed E-state index contributed by atoms with van der Waals surface area (Å²) in [5, 5.41) is 12.5. The van der Waals surface area contributed by atoms with Crippen LogP contribution in [0, 0.1) is 0 Å². The van der Waals surface area contributed by atoms with E-state index in [0.717, 1.165) is 22.3 Å². The van der Waals surface area contributed by atoms with E-state index in [1.165, 1.54) is 25.3 Å². The standard InChI is InChI=1S/C22H19F3N2O4/c1-12(28)26-19-11-27(21(29)30)20-7-6-16(10-18(19)20)31-17-8-14(9-17)13-2-4-15(5-3-13)22(23,24)25/h2-7,10-11,14,17H,8-9H2,1H3,(H,26,28)(H,29,30). The number of hydrogen-bond acceptors (Lipinski definition) is 3. The zero-order valence-electron chi connectivity index (χ0n) is 16.4. The lowest BCUT2D eigenvalue weighted by Gasteiger charge is -2.35. The van der Waals surface area contributed by atoms with Gasteiger partial charge in [-0.1, -0.05) is 12.1 Å². The number of anilines is 1. The number of ether oxygens (including phenoxy) is 1. The molecule has 1 aliphatic carbocycles. The number of halogens is 3. The van der Waals surface area contributed by atoms with Gasteiger partial charge in [0, 0.05) is 18.5 Å². The lowest BCUT2D eigenvalue weighted by Crippen LogP contribution is -2.32. The molecule has 0 saturated heterocycles. The Balaban J connectivity index is 1.46. The average molecular weight is 432 g/mol.